The van der Waals surface area contributed by atoms with Crippen LogP contribution in [0, 0.1) is 0 Å². The van der Waals surface area contributed by atoms with E-state index in [1.54, 1.807) is 18.4 Å². The summed E-state index contributed by atoms with van der Waals surface area (Å²) in [7, 11) is 1.65. The SMILES string of the molecule is CNC(=O)Cc1nsc(-c2ccc(Nc3ncc(C(C)(C)C)s3)cn2)c1C(C)(C)C. The normalized spacial score (nSPS) is 12.1. The Labute approximate surface area is 186 Å². The van der Waals surface area contributed by atoms with Gasteiger partial charge in [-0.15, -0.1) is 11.3 Å². The van der Waals surface area contributed by atoms with Crippen molar-refractivity contribution < 1.29 is 4.79 Å². The Morgan fingerprint density at radius 1 is 1.03 bits per heavy atom. The minimum Gasteiger partial charge on any atom is -0.359 e. The first-order valence-corrected chi connectivity index (χ1v) is 11.5. The van der Waals surface area contributed by atoms with E-state index in [9.17, 15) is 4.79 Å². The Morgan fingerprint density at radius 2 is 1.77 bits per heavy atom. The molecule has 3 rings (SSSR count). The van der Waals surface area contributed by atoms with Gasteiger partial charge in [0.15, 0.2) is 5.13 Å². The fraction of sp³-hybridized carbons (Fsp3) is 0.455. The molecule has 0 aromatic carbocycles. The van der Waals surface area contributed by atoms with E-state index in [2.05, 4.69) is 66.5 Å². The van der Waals surface area contributed by atoms with Gasteiger partial charge in [0.2, 0.25) is 5.91 Å². The number of likely N-dealkylation sites (N-methyl/N-ethyl adjacent to an activating group) is 1. The molecule has 8 heteroatoms. The van der Waals surface area contributed by atoms with Crippen LogP contribution in [-0.2, 0) is 22.0 Å². The van der Waals surface area contributed by atoms with Crippen LogP contribution in [0.3, 0.4) is 0 Å². The average Bonchev–Trinajstić information content (AvgIpc) is 3.29. The number of nitrogens with zero attached hydrogens (tertiary/aromatic N) is 3. The molecule has 0 unspecified atom stereocenters. The molecule has 0 saturated heterocycles. The molecule has 30 heavy (non-hydrogen) atoms. The number of carbonyl (C=O) groups is 1. The van der Waals surface area contributed by atoms with Crippen molar-refractivity contribution in [2.75, 3.05) is 12.4 Å². The fourth-order valence-corrected chi connectivity index (χ4v) is 5.02. The van der Waals surface area contributed by atoms with Crippen molar-refractivity contribution in [2.45, 2.75) is 58.8 Å². The minimum absolute atomic E-state index is 0.0390. The number of aromatic nitrogens is 3. The van der Waals surface area contributed by atoms with E-state index < -0.39 is 0 Å². The number of rotatable bonds is 5. The quantitative estimate of drug-likeness (QED) is 0.560. The van der Waals surface area contributed by atoms with E-state index >= 15 is 0 Å². The van der Waals surface area contributed by atoms with Crippen LogP contribution in [0.25, 0.3) is 10.6 Å². The van der Waals surface area contributed by atoms with Crippen molar-refractivity contribution in [2.24, 2.45) is 0 Å². The highest BCUT2D eigenvalue weighted by atomic mass is 32.1. The lowest BCUT2D eigenvalue weighted by Crippen LogP contribution is -2.23. The molecule has 160 valence electrons. The lowest BCUT2D eigenvalue weighted by molar-refractivity contribution is -0.120. The summed E-state index contributed by atoms with van der Waals surface area (Å²) in [6, 6.07) is 4.00. The number of hydrogen-bond acceptors (Lipinski definition) is 7. The standard InChI is InChI=1S/C22H29N5OS2/c1-21(2,3)16-12-25-20(29-16)26-13-8-9-14(24-11-13)19-18(22(4,5)6)15(27-30-19)10-17(28)23-7/h8-9,11-12H,10H2,1-7H3,(H,23,28)(H,25,26). The lowest BCUT2D eigenvalue weighted by atomic mass is 9.84. The van der Waals surface area contributed by atoms with Crippen LogP contribution in [0.2, 0.25) is 0 Å². The molecule has 0 aliphatic carbocycles. The molecule has 0 spiro atoms. The zero-order valence-corrected chi connectivity index (χ0v) is 20.2. The topological polar surface area (TPSA) is 79.8 Å². The predicted octanol–water partition coefficient (Wildman–Crippen LogP) is 5.29. The van der Waals surface area contributed by atoms with Crippen LogP contribution in [-0.4, -0.2) is 27.3 Å². The minimum atomic E-state index is -0.144. The number of nitrogens with one attached hydrogen (secondary N) is 2. The highest BCUT2D eigenvalue weighted by Crippen LogP contribution is 2.38. The highest BCUT2D eigenvalue weighted by Gasteiger charge is 2.27. The van der Waals surface area contributed by atoms with E-state index in [4.69, 9.17) is 0 Å². The Bertz CT molecular complexity index is 1020. The highest BCUT2D eigenvalue weighted by molar-refractivity contribution is 7.15. The third kappa shape index (κ3) is 5.05. The molecular formula is C22H29N5OS2. The van der Waals surface area contributed by atoms with Crippen molar-refractivity contribution in [3.8, 4) is 10.6 Å². The number of carbonyl (C=O) groups excluding carboxylic acids is 1. The maximum Gasteiger partial charge on any atom is 0.225 e. The Hall–Kier alpha value is -2.32. The third-order valence-corrected chi connectivity index (χ3v) is 6.86. The second-order valence-corrected chi connectivity index (χ2v) is 11.1. The first kappa shape index (κ1) is 22.4. The predicted molar refractivity (Wildman–Crippen MR) is 126 cm³/mol. The fourth-order valence-electron chi connectivity index (χ4n) is 3.04. The van der Waals surface area contributed by atoms with Gasteiger partial charge in [-0.05, 0) is 34.5 Å². The Balaban J connectivity index is 1.86. The number of pyridine rings is 1. The lowest BCUT2D eigenvalue weighted by Gasteiger charge is -2.21. The molecule has 3 aromatic heterocycles. The summed E-state index contributed by atoms with van der Waals surface area (Å²) in [5.74, 6) is -0.0390. The first-order valence-electron chi connectivity index (χ1n) is 9.88. The molecule has 0 aliphatic rings. The molecule has 0 aliphatic heterocycles. The van der Waals surface area contributed by atoms with Gasteiger partial charge >= 0.3 is 0 Å². The Morgan fingerprint density at radius 3 is 2.30 bits per heavy atom. The van der Waals surface area contributed by atoms with Crippen LogP contribution in [0.5, 0.6) is 0 Å². The van der Waals surface area contributed by atoms with Gasteiger partial charge in [0.05, 0.1) is 34.6 Å². The van der Waals surface area contributed by atoms with Crippen LogP contribution in [0.1, 0.15) is 57.7 Å². The molecule has 0 fully saturated rings. The van der Waals surface area contributed by atoms with Crippen LogP contribution < -0.4 is 10.6 Å². The zero-order valence-electron chi connectivity index (χ0n) is 18.6. The molecule has 3 heterocycles. The molecule has 1 amide bonds. The summed E-state index contributed by atoms with van der Waals surface area (Å²) >= 11 is 3.06. The molecule has 2 N–H and O–H groups in total. The van der Waals surface area contributed by atoms with E-state index in [-0.39, 0.29) is 23.2 Å². The van der Waals surface area contributed by atoms with Crippen molar-refractivity contribution in [3.63, 3.8) is 0 Å². The second-order valence-electron chi connectivity index (χ2n) is 9.27. The molecule has 0 radical (unpaired) electrons. The molecule has 0 bridgehead atoms. The number of thiazole rings is 1. The van der Waals surface area contributed by atoms with Crippen molar-refractivity contribution in [1.29, 1.82) is 0 Å². The first-order chi connectivity index (χ1) is 14.0. The average molecular weight is 444 g/mol. The number of anilines is 2. The van der Waals surface area contributed by atoms with Crippen LogP contribution in [0.15, 0.2) is 24.5 Å². The maximum atomic E-state index is 11.9. The van der Waals surface area contributed by atoms with Gasteiger partial charge in [0, 0.05) is 23.7 Å². The second kappa shape index (κ2) is 8.43. The summed E-state index contributed by atoms with van der Waals surface area (Å²) in [4.78, 5) is 23.3. The third-order valence-electron chi connectivity index (χ3n) is 4.61. The van der Waals surface area contributed by atoms with Gasteiger partial charge in [0.25, 0.3) is 0 Å². The summed E-state index contributed by atoms with van der Waals surface area (Å²) in [5.41, 5.74) is 3.60. The van der Waals surface area contributed by atoms with Gasteiger partial charge in [-0.3, -0.25) is 9.78 Å². The largest absolute Gasteiger partial charge is 0.359 e. The summed E-state index contributed by atoms with van der Waals surface area (Å²) in [5, 5.41) is 6.88. The van der Waals surface area contributed by atoms with Crippen molar-refractivity contribution in [1.82, 2.24) is 19.7 Å². The molecule has 3 aromatic rings. The van der Waals surface area contributed by atoms with Gasteiger partial charge in [-0.1, -0.05) is 41.5 Å². The summed E-state index contributed by atoms with van der Waals surface area (Å²) in [6.07, 6.45) is 4.02. The van der Waals surface area contributed by atoms with Gasteiger partial charge in [-0.25, -0.2) is 4.98 Å². The maximum absolute atomic E-state index is 11.9. The smallest absolute Gasteiger partial charge is 0.225 e. The van der Waals surface area contributed by atoms with E-state index in [0.29, 0.717) is 0 Å². The molecular weight excluding hydrogens is 414 g/mol. The summed E-state index contributed by atoms with van der Waals surface area (Å²) < 4.78 is 4.58. The van der Waals surface area contributed by atoms with Gasteiger partial charge < -0.3 is 10.6 Å². The number of hydrogen-bond donors (Lipinski definition) is 2. The van der Waals surface area contributed by atoms with Gasteiger partial charge in [0.1, 0.15) is 0 Å². The Kier molecular flexibility index (Phi) is 6.29. The number of amides is 1. The van der Waals surface area contributed by atoms with E-state index in [1.165, 1.54) is 16.4 Å². The zero-order chi connectivity index (χ0) is 22.1. The van der Waals surface area contributed by atoms with Crippen molar-refractivity contribution in [3.05, 3.63) is 40.7 Å². The van der Waals surface area contributed by atoms with Crippen LogP contribution in [0.4, 0.5) is 10.8 Å². The molecule has 6 nitrogen and oxygen atoms in total. The van der Waals surface area contributed by atoms with E-state index in [0.717, 1.165) is 32.6 Å². The van der Waals surface area contributed by atoms with Crippen molar-refractivity contribution >= 4 is 39.6 Å². The van der Waals surface area contributed by atoms with E-state index in [1.807, 2.05) is 24.5 Å². The summed E-state index contributed by atoms with van der Waals surface area (Å²) in [6.45, 7) is 13.0. The van der Waals surface area contributed by atoms with Crippen LogP contribution >= 0.6 is 22.9 Å². The van der Waals surface area contributed by atoms with Gasteiger partial charge in [-0.2, -0.15) is 4.37 Å². The monoisotopic (exact) mass is 443 g/mol. The molecule has 0 saturated carbocycles. The molecule has 0 atom stereocenters.